The molecule has 0 aromatic rings. The fraction of sp³-hybridized carbons (Fsp3) is 0. The topological polar surface area (TPSA) is 0 Å². The van der Waals surface area contributed by atoms with E-state index in [1.807, 2.05) is 0 Å². The zero-order valence-electron chi connectivity index (χ0n) is 2.70. The van der Waals surface area contributed by atoms with Gasteiger partial charge in [-0.3, -0.25) is 0 Å². The Bertz CT molecular complexity index is 10.8. The fourth-order valence-corrected chi connectivity index (χ4v) is 0. The Morgan fingerprint density at radius 1 is 1.75 bits per heavy atom. The number of hydrogen-bond acceptors (Lipinski definition) is 0. The Labute approximate surface area is 39.7 Å². The summed E-state index contributed by atoms with van der Waals surface area (Å²) in [6.45, 7) is 6.50. The Kier molecular flexibility index (Phi) is 23.5. The van der Waals surface area contributed by atoms with Crippen molar-refractivity contribution in [2.45, 2.75) is 0 Å². The van der Waals surface area contributed by atoms with E-state index < -0.39 is 0 Å². The van der Waals surface area contributed by atoms with Gasteiger partial charge in [0, 0.05) is 0 Å². The van der Waals surface area contributed by atoms with Crippen molar-refractivity contribution in [1.82, 2.24) is 0 Å². The van der Waals surface area contributed by atoms with Gasteiger partial charge in [0.1, 0.15) is 0 Å². The Hall–Kier alpha value is 0.233. The summed E-state index contributed by atoms with van der Waals surface area (Å²) >= 11 is 0. The molecule has 0 spiro atoms. The third kappa shape index (κ3) is 62.4. The van der Waals surface area contributed by atoms with E-state index in [9.17, 15) is 0 Å². The molecule has 0 saturated carbocycles. The van der Waals surface area contributed by atoms with E-state index >= 15 is 0 Å². The third-order valence-corrected chi connectivity index (χ3v) is 0. The number of hydrogen-bond donors (Lipinski definition) is 0. The summed E-state index contributed by atoms with van der Waals surface area (Å²) < 4.78 is 0. The molecule has 0 aliphatic carbocycles. The van der Waals surface area contributed by atoms with Crippen molar-refractivity contribution in [3.8, 4) is 0 Å². The Balaban J connectivity index is 0. The molecule has 0 bridgehead atoms. The standard InChI is InChI=1S/C3H5.Zn/c1-3-2;/h3H,1-2H2;/q-1;+2. The van der Waals surface area contributed by atoms with Crippen LogP contribution in [0.1, 0.15) is 0 Å². The summed E-state index contributed by atoms with van der Waals surface area (Å²) in [5.41, 5.74) is 0. The predicted octanol–water partition coefficient (Wildman–Crippen LogP) is 1.00. The van der Waals surface area contributed by atoms with E-state index in [1.54, 1.807) is 0 Å². The number of rotatable bonds is 0. The normalized spacial score (nSPS) is 3.00. The summed E-state index contributed by atoms with van der Waals surface area (Å²) in [6.07, 6.45) is 1.50. The molecular formula is C3H5Zn+. The van der Waals surface area contributed by atoms with Crippen LogP contribution < -0.4 is 0 Å². The van der Waals surface area contributed by atoms with Crippen LogP contribution in [0.4, 0.5) is 0 Å². The van der Waals surface area contributed by atoms with E-state index in [1.165, 1.54) is 6.08 Å². The molecule has 0 unspecified atom stereocenters. The van der Waals surface area contributed by atoms with Gasteiger partial charge in [0.15, 0.2) is 0 Å². The second-order valence-electron chi connectivity index (χ2n) is 0.289. The molecule has 4 heavy (non-hydrogen) atoms. The van der Waals surface area contributed by atoms with Crippen molar-refractivity contribution in [2.24, 2.45) is 0 Å². The van der Waals surface area contributed by atoms with Gasteiger partial charge in [-0.25, -0.2) is 19.6 Å². The summed E-state index contributed by atoms with van der Waals surface area (Å²) in [7, 11) is 0. The molecule has 0 aromatic heterocycles. The maximum Gasteiger partial charge on any atom is 2.00 e. The first-order valence-electron chi connectivity index (χ1n) is 0.816. The van der Waals surface area contributed by atoms with Gasteiger partial charge in [0.25, 0.3) is 0 Å². The first kappa shape index (κ1) is 8.87. The minimum absolute atomic E-state index is 0. The molecule has 0 heterocycles. The van der Waals surface area contributed by atoms with Crippen LogP contribution in [0.3, 0.4) is 0 Å². The van der Waals surface area contributed by atoms with Crippen LogP contribution >= 0.6 is 0 Å². The first-order chi connectivity index (χ1) is 1.41. The molecule has 1 heteroatoms. The van der Waals surface area contributed by atoms with E-state index in [-0.39, 0.29) is 19.5 Å². The monoisotopic (exact) mass is 105 g/mol. The van der Waals surface area contributed by atoms with Gasteiger partial charge in [-0.15, -0.1) is 0 Å². The largest absolute Gasteiger partial charge is 2.00 e. The molecule has 18 valence electrons. The van der Waals surface area contributed by atoms with Crippen molar-refractivity contribution >= 4 is 0 Å². The van der Waals surface area contributed by atoms with Crippen LogP contribution in [-0.4, -0.2) is 0 Å². The summed E-state index contributed by atoms with van der Waals surface area (Å²) in [5.74, 6) is 0. The van der Waals surface area contributed by atoms with Gasteiger partial charge in [0.05, 0.1) is 0 Å². The molecular weight excluding hydrogens is 101 g/mol. The molecule has 0 fully saturated rings. The quantitative estimate of drug-likeness (QED) is 0.319. The van der Waals surface area contributed by atoms with Gasteiger partial charge in [-0.1, -0.05) is 0 Å². The maximum atomic E-state index is 3.25. The van der Waals surface area contributed by atoms with Crippen LogP contribution in [-0.2, 0) is 19.5 Å². The van der Waals surface area contributed by atoms with Gasteiger partial charge < -0.3 is 0 Å². The molecule has 0 aromatic carbocycles. The van der Waals surface area contributed by atoms with Crippen LogP contribution in [0.15, 0.2) is 12.7 Å². The zero-order chi connectivity index (χ0) is 2.71. The maximum absolute atomic E-state index is 3.25. The van der Waals surface area contributed by atoms with E-state index in [2.05, 4.69) is 13.5 Å². The van der Waals surface area contributed by atoms with Crippen molar-refractivity contribution in [3.63, 3.8) is 0 Å². The zero-order valence-corrected chi connectivity index (χ0v) is 5.67. The van der Waals surface area contributed by atoms with Crippen molar-refractivity contribution in [3.05, 3.63) is 19.6 Å². The average Bonchev–Trinajstić information content (AvgIpc) is 0.918. The SMILES string of the molecule is C=C[CH2-].[Zn+2]. The third-order valence-electron chi connectivity index (χ3n) is 0. The molecule has 0 aliphatic heterocycles. The fourth-order valence-electron chi connectivity index (χ4n) is 0. The second kappa shape index (κ2) is 10.6. The predicted molar refractivity (Wildman–Crippen MR) is 15.6 cm³/mol. The van der Waals surface area contributed by atoms with Gasteiger partial charge in [-0.2, -0.15) is 0 Å². The minimum atomic E-state index is 0. The van der Waals surface area contributed by atoms with Crippen molar-refractivity contribution < 1.29 is 19.5 Å². The van der Waals surface area contributed by atoms with Gasteiger partial charge in [-0.05, 0) is 0 Å². The molecule has 0 amide bonds. The first-order valence-corrected chi connectivity index (χ1v) is 0.816. The van der Waals surface area contributed by atoms with E-state index in [0.29, 0.717) is 0 Å². The summed E-state index contributed by atoms with van der Waals surface area (Å²) in [5, 5.41) is 0. The minimum Gasteiger partial charge on any atom is -0.245 e. The van der Waals surface area contributed by atoms with Crippen molar-refractivity contribution in [1.29, 1.82) is 0 Å². The average molecular weight is 106 g/mol. The second-order valence-corrected chi connectivity index (χ2v) is 0.289. The van der Waals surface area contributed by atoms with Crippen LogP contribution in [0.2, 0.25) is 0 Å². The summed E-state index contributed by atoms with van der Waals surface area (Å²) in [4.78, 5) is 0. The molecule has 0 saturated heterocycles. The summed E-state index contributed by atoms with van der Waals surface area (Å²) in [6, 6.07) is 0. The van der Waals surface area contributed by atoms with Gasteiger partial charge >= 0.3 is 19.5 Å². The molecule has 0 radical (unpaired) electrons. The van der Waals surface area contributed by atoms with Crippen LogP contribution in [0.5, 0.6) is 0 Å². The van der Waals surface area contributed by atoms with Gasteiger partial charge in [0.2, 0.25) is 0 Å². The number of allylic oxidation sites excluding steroid dienone is 1. The molecule has 0 rings (SSSR count). The van der Waals surface area contributed by atoms with Crippen molar-refractivity contribution in [2.75, 3.05) is 0 Å². The molecule has 0 N–H and O–H groups in total. The molecule has 0 aliphatic rings. The van der Waals surface area contributed by atoms with E-state index in [4.69, 9.17) is 0 Å². The Morgan fingerprint density at radius 2 is 1.75 bits per heavy atom. The van der Waals surface area contributed by atoms with Crippen LogP contribution in [0.25, 0.3) is 0 Å². The van der Waals surface area contributed by atoms with E-state index in [0.717, 1.165) is 0 Å². The smallest absolute Gasteiger partial charge is 0.245 e. The Morgan fingerprint density at radius 3 is 1.75 bits per heavy atom. The van der Waals surface area contributed by atoms with Crippen LogP contribution in [0, 0.1) is 6.92 Å². The molecule has 0 nitrogen and oxygen atoms in total. The molecule has 0 atom stereocenters.